The number of pyridine rings is 2. The van der Waals surface area contributed by atoms with Crippen LogP contribution in [-0.2, 0) is 12.8 Å². The van der Waals surface area contributed by atoms with Gasteiger partial charge in [-0.25, -0.2) is 4.98 Å². The van der Waals surface area contributed by atoms with E-state index < -0.39 is 11.7 Å². The molecule has 0 unspecified atom stereocenters. The van der Waals surface area contributed by atoms with Gasteiger partial charge in [0.2, 0.25) is 5.88 Å². The molecule has 1 N–H and O–H groups in total. The molecule has 0 saturated carbocycles. The predicted molar refractivity (Wildman–Crippen MR) is 106 cm³/mol. The first kappa shape index (κ1) is 20.2. The van der Waals surface area contributed by atoms with Gasteiger partial charge >= 0.3 is 6.18 Å². The topological polar surface area (TPSA) is 58.5 Å². The maximum absolute atomic E-state index is 12.7. The molecular formula is C22H20F3N3O2. The van der Waals surface area contributed by atoms with Crippen molar-refractivity contribution in [1.82, 2.24) is 9.97 Å². The Labute approximate surface area is 171 Å². The average Bonchev–Trinajstić information content (AvgIpc) is 3.22. The second-order valence-corrected chi connectivity index (χ2v) is 7.08. The molecule has 30 heavy (non-hydrogen) atoms. The van der Waals surface area contributed by atoms with E-state index in [1.165, 1.54) is 6.07 Å². The van der Waals surface area contributed by atoms with Crippen molar-refractivity contribution in [2.45, 2.75) is 25.3 Å². The highest BCUT2D eigenvalue weighted by Crippen LogP contribution is 2.31. The van der Waals surface area contributed by atoms with Gasteiger partial charge < -0.3 is 14.7 Å². The Morgan fingerprint density at radius 1 is 1.07 bits per heavy atom. The quantitative estimate of drug-likeness (QED) is 0.673. The molecule has 1 aliphatic heterocycles. The molecule has 1 atom stereocenters. The second kappa shape index (κ2) is 8.31. The zero-order chi connectivity index (χ0) is 21.1. The van der Waals surface area contributed by atoms with Crippen molar-refractivity contribution >= 4 is 5.69 Å². The van der Waals surface area contributed by atoms with Gasteiger partial charge in [0.1, 0.15) is 6.10 Å². The summed E-state index contributed by atoms with van der Waals surface area (Å²) in [5.41, 5.74) is 2.53. The van der Waals surface area contributed by atoms with E-state index in [1.807, 2.05) is 36.4 Å². The van der Waals surface area contributed by atoms with Gasteiger partial charge in [-0.3, -0.25) is 4.98 Å². The molecule has 156 valence electrons. The third kappa shape index (κ3) is 4.38. The molecule has 0 spiro atoms. The van der Waals surface area contributed by atoms with Crippen LogP contribution in [0.3, 0.4) is 0 Å². The van der Waals surface area contributed by atoms with Crippen LogP contribution < -0.4 is 9.64 Å². The number of hydrogen-bond acceptors (Lipinski definition) is 5. The van der Waals surface area contributed by atoms with Crippen molar-refractivity contribution in [3.8, 4) is 17.1 Å². The smallest absolute Gasteiger partial charge is 0.417 e. The molecule has 0 amide bonds. The number of rotatable bonds is 5. The van der Waals surface area contributed by atoms with Crippen LogP contribution in [0.15, 0.2) is 60.9 Å². The fourth-order valence-electron chi connectivity index (χ4n) is 3.50. The SMILES string of the molecule is OCc1cc(-c2ccccc2)ncc1N1CC[C@H](Oc2ccc(C(F)(F)F)cn2)C1. The zero-order valence-corrected chi connectivity index (χ0v) is 16.0. The fraction of sp³-hybridized carbons (Fsp3) is 0.273. The number of ether oxygens (including phenoxy) is 1. The summed E-state index contributed by atoms with van der Waals surface area (Å²) >= 11 is 0. The van der Waals surface area contributed by atoms with Gasteiger partial charge in [-0.05, 0) is 12.1 Å². The highest BCUT2D eigenvalue weighted by molar-refractivity contribution is 5.64. The fourth-order valence-corrected chi connectivity index (χ4v) is 3.50. The largest absolute Gasteiger partial charge is 0.472 e. The molecule has 3 aromatic rings. The number of nitrogens with zero attached hydrogens (tertiary/aromatic N) is 3. The predicted octanol–water partition coefficient (Wildman–Crippen LogP) is 4.31. The Hall–Kier alpha value is -3.13. The standard InChI is InChI=1S/C22H20F3N3O2/c23-22(24,25)17-6-7-21(27-11-17)30-18-8-9-28(13-18)20-12-26-19(10-16(20)14-29)15-4-2-1-3-5-15/h1-7,10-12,18,29H,8-9,13-14H2/t18-/m0/s1. The third-order valence-electron chi connectivity index (χ3n) is 5.04. The molecule has 2 aromatic heterocycles. The number of hydrogen-bond donors (Lipinski definition) is 1. The minimum absolute atomic E-state index is 0.125. The number of alkyl halides is 3. The van der Waals surface area contributed by atoms with Crippen LogP contribution in [0, 0.1) is 0 Å². The van der Waals surface area contributed by atoms with Crippen LogP contribution in [0.1, 0.15) is 17.5 Å². The van der Waals surface area contributed by atoms with E-state index in [1.54, 1.807) is 6.20 Å². The van der Waals surface area contributed by atoms with Crippen LogP contribution >= 0.6 is 0 Å². The number of aromatic nitrogens is 2. The van der Waals surface area contributed by atoms with Gasteiger partial charge in [0.05, 0.1) is 36.3 Å². The lowest BCUT2D eigenvalue weighted by Crippen LogP contribution is -2.25. The summed E-state index contributed by atoms with van der Waals surface area (Å²) in [7, 11) is 0. The average molecular weight is 415 g/mol. The summed E-state index contributed by atoms with van der Waals surface area (Å²) in [6.45, 7) is 1.09. The Morgan fingerprint density at radius 3 is 2.53 bits per heavy atom. The minimum Gasteiger partial charge on any atom is -0.472 e. The lowest BCUT2D eigenvalue weighted by atomic mass is 10.1. The third-order valence-corrected chi connectivity index (χ3v) is 5.04. The van der Waals surface area contributed by atoms with E-state index >= 15 is 0 Å². The number of benzene rings is 1. The van der Waals surface area contributed by atoms with E-state index in [-0.39, 0.29) is 18.6 Å². The molecule has 8 heteroatoms. The van der Waals surface area contributed by atoms with Gasteiger partial charge in [0.15, 0.2) is 0 Å². The van der Waals surface area contributed by atoms with Gasteiger partial charge in [-0.1, -0.05) is 30.3 Å². The minimum atomic E-state index is -4.42. The molecule has 3 heterocycles. The summed E-state index contributed by atoms with van der Waals surface area (Å²) in [5, 5.41) is 9.86. The highest BCUT2D eigenvalue weighted by Gasteiger charge is 2.31. The van der Waals surface area contributed by atoms with E-state index in [0.717, 1.165) is 34.8 Å². The number of anilines is 1. The van der Waals surface area contributed by atoms with Crippen molar-refractivity contribution < 1.29 is 23.0 Å². The number of aliphatic hydroxyl groups is 1. The first-order chi connectivity index (χ1) is 14.4. The lowest BCUT2D eigenvalue weighted by molar-refractivity contribution is -0.137. The second-order valence-electron chi connectivity index (χ2n) is 7.08. The normalized spacial score (nSPS) is 16.7. The van der Waals surface area contributed by atoms with E-state index in [0.29, 0.717) is 19.5 Å². The number of halogens is 3. The lowest BCUT2D eigenvalue weighted by Gasteiger charge is -2.21. The molecule has 0 bridgehead atoms. The van der Waals surface area contributed by atoms with Gasteiger partial charge in [-0.2, -0.15) is 13.2 Å². The molecule has 1 fully saturated rings. The summed E-state index contributed by atoms with van der Waals surface area (Å²) in [6.07, 6.45) is -1.43. The van der Waals surface area contributed by atoms with E-state index in [9.17, 15) is 18.3 Å². The van der Waals surface area contributed by atoms with Crippen molar-refractivity contribution in [2.24, 2.45) is 0 Å². The first-order valence-electron chi connectivity index (χ1n) is 9.54. The summed E-state index contributed by atoms with van der Waals surface area (Å²) in [4.78, 5) is 10.4. The molecule has 1 aromatic carbocycles. The molecule has 1 aliphatic rings. The summed E-state index contributed by atoms with van der Waals surface area (Å²) in [6, 6.07) is 13.8. The van der Waals surface area contributed by atoms with Crippen LogP contribution in [0.5, 0.6) is 5.88 Å². The van der Waals surface area contributed by atoms with Gasteiger partial charge in [-0.15, -0.1) is 0 Å². The first-order valence-corrected chi connectivity index (χ1v) is 9.54. The molecular weight excluding hydrogens is 395 g/mol. The van der Waals surface area contributed by atoms with E-state index in [2.05, 4.69) is 14.9 Å². The van der Waals surface area contributed by atoms with Crippen LogP contribution in [-0.4, -0.2) is 34.3 Å². The van der Waals surface area contributed by atoms with Crippen LogP contribution in [0.25, 0.3) is 11.3 Å². The molecule has 0 aliphatic carbocycles. The Morgan fingerprint density at radius 2 is 1.87 bits per heavy atom. The molecule has 1 saturated heterocycles. The van der Waals surface area contributed by atoms with Crippen LogP contribution in [0.2, 0.25) is 0 Å². The van der Waals surface area contributed by atoms with Gasteiger partial charge in [0.25, 0.3) is 0 Å². The van der Waals surface area contributed by atoms with Crippen molar-refractivity contribution in [3.63, 3.8) is 0 Å². The summed E-state index contributed by atoms with van der Waals surface area (Å²) in [5.74, 6) is 0.162. The van der Waals surface area contributed by atoms with Crippen molar-refractivity contribution in [3.05, 3.63) is 72.1 Å². The molecule has 4 rings (SSSR count). The molecule has 5 nitrogen and oxygen atoms in total. The summed E-state index contributed by atoms with van der Waals surface area (Å²) < 4.78 is 43.7. The number of aliphatic hydroxyl groups excluding tert-OH is 1. The van der Waals surface area contributed by atoms with E-state index in [4.69, 9.17) is 4.74 Å². The monoisotopic (exact) mass is 415 g/mol. The molecule has 0 radical (unpaired) electrons. The van der Waals surface area contributed by atoms with Crippen LogP contribution in [0.4, 0.5) is 18.9 Å². The maximum Gasteiger partial charge on any atom is 0.417 e. The zero-order valence-electron chi connectivity index (χ0n) is 16.0. The van der Waals surface area contributed by atoms with Gasteiger partial charge in [0, 0.05) is 36.4 Å². The van der Waals surface area contributed by atoms with Crippen molar-refractivity contribution in [2.75, 3.05) is 18.0 Å². The maximum atomic E-state index is 12.7. The highest BCUT2D eigenvalue weighted by atomic mass is 19.4. The Balaban J connectivity index is 1.45. The van der Waals surface area contributed by atoms with Crippen molar-refractivity contribution in [1.29, 1.82) is 0 Å². The Bertz CT molecular complexity index is 995. The Kier molecular flexibility index (Phi) is 5.59.